The van der Waals surface area contributed by atoms with E-state index in [4.69, 9.17) is 0 Å². The number of likely N-dealkylation sites (tertiary alicyclic amines) is 1. The summed E-state index contributed by atoms with van der Waals surface area (Å²) >= 11 is 3.66. The van der Waals surface area contributed by atoms with Crippen LogP contribution in [0.15, 0.2) is 0 Å². The van der Waals surface area contributed by atoms with Gasteiger partial charge in [0.2, 0.25) is 0 Å². The molecule has 0 N–H and O–H groups in total. The molecular formula is C12H22BrN. The number of nitrogens with zero attached hydrogens (tertiary/aromatic N) is 1. The van der Waals surface area contributed by atoms with Crippen molar-refractivity contribution >= 4 is 15.9 Å². The number of hydrogen-bond donors (Lipinski definition) is 0. The zero-order valence-corrected chi connectivity index (χ0v) is 10.9. The zero-order valence-electron chi connectivity index (χ0n) is 9.27. The van der Waals surface area contributed by atoms with Gasteiger partial charge >= 0.3 is 0 Å². The predicted octanol–water partition coefficient (Wildman–Crippen LogP) is 3.28. The molecule has 0 aromatic rings. The molecule has 2 heteroatoms. The molecule has 1 unspecified atom stereocenters. The van der Waals surface area contributed by atoms with E-state index in [1.807, 2.05) is 0 Å². The number of halogens is 1. The first-order valence-electron chi connectivity index (χ1n) is 6.06. The second-order valence-corrected chi connectivity index (χ2v) is 5.87. The van der Waals surface area contributed by atoms with E-state index in [9.17, 15) is 0 Å². The molecule has 1 nitrogen and oxygen atoms in total. The molecule has 0 aromatic carbocycles. The summed E-state index contributed by atoms with van der Waals surface area (Å²) in [6.07, 6.45) is 7.16. The van der Waals surface area contributed by atoms with Gasteiger partial charge in [-0.05, 0) is 43.6 Å². The molecular weight excluding hydrogens is 238 g/mol. The molecule has 0 aromatic heterocycles. The van der Waals surface area contributed by atoms with E-state index in [2.05, 4.69) is 27.8 Å². The van der Waals surface area contributed by atoms with Crippen LogP contribution in [0.5, 0.6) is 0 Å². The van der Waals surface area contributed by atoms with Gasteiger partial charge in [0.1, 0.15) is 0 Å². The summed E-state index contributed by atoms with van der Waals surface area (Å²) in [5.74, 6) is 1.01. The minimum Gasteiger partial charge on any atom is -0.302 e. The molecule has 2 rings (SSSR count). The fraction of sp³-hybridized carbons (Fsp3) is 1.00. The lowest BCUT2D eigenvalue weighted by atomic mass is 10.0. The van der Waals surface area contributed by atoms with Crippen LogP contribution in [0.4, 0.5) is 0 Å². The fourth-order valence-corrected chi connectivity index (χ4v) is 3.42. The Morgan fingerprint density at radius 3 is 2.79 bits per heavy atom. The third kappa shape index (κ3) is 2.52. The van der Waals surface area contributed by atoms with Crippen molar-refractivity contribution in [1.82, 2.24) is 4.90 Å². The second kappa shape index (κ2) is 4.52. The molecule has 2 fully saturated rings. The highest BCUT2D eigenvalue weighted by molar-refractivity contribution is 9.09. The second-order valence-electron chi connectivity index (χ2n) is 5.31. The molecule has 1 heterocycles. The van der Waals surface area contributed by atoms with Gasteiger partial charge < -0.3 is 4.90 Å². The van der Waals surface area contributed by atoms with Gasteiger partial charge in [-0.25, -0.2) is 0 Å². The summed E-state index contributed by atoms with van der Waals surface area (Å²) in [6.45, 7) is 6.41. The van der Waals surface area contributed by atoms with Crippen molar-refractivity contribution in [2.24, 2.45) is 11.3 Å². The number of hydrogen-bond acceptors (Lipinski definition) is 1. The first-order chi connectivity index (χ1) is 6.78. The van der Waals surface area contributed by atoms with Gasteiger partial charge in [-0.2, -0.15) is 0 Å². The average molecular weight is 260 g/mol. The van der Waals surface area contributed by atoms with E-state index < -0.39 is 0 Å². The van der Waals surface area contributed by atoms with E-state index in [-0.39, 0.29) is 0 Å². The molecule has 1 aliphatic carbocycles. The summed E-state index contributed by atoms with van der Waals surface area (Å²) < 4.78 is 0. The lowest BCUT2D eigenvalue weighted by Gasteiger charge is -2.21. The topological polar surface area (TPSA) is 3.24 Å². The molecule has 2 aliphatic rings. The smallest absolute Gasteiger partial charge is 0.0100 e. The summed E-state index contributed by atoms with van der Waals surface area (Å²) in [5, 5.41) is 1.22. The lowest BCUT2D eigenvalue weighted by molar-refractivity contribution is 0.268. The lowest BCUT2D eigenvalue weighted by Crippen LogP contribution is -2.29. The Bertz CT molecular complexity index is 189. The van der Waals surface area contributed by atoms with E-state index in [0.29, 0.717) is 5.41 Å². The Morgan fingerprint density at radius 2 is 2.21 bits per heavy atom. The van der Waals surface area contributed by atoms with Gasteiger partial charge in [0.25, 0.3) is 0 Å². The zero-order chi connectivity index (χ0) is 10.0. The maximum absolute atomic E-state index is 3.66. The minimum absolute atomic E-state index is 0.682. The van der Waals surface area contributed by atoms with Crippen LogP contribution in [-0.4, -0.2) is 29.9 Å². The van der Waals surface area contributed by atoms with Gasteiger partial charge in [0.05, 0.1) is 0 Å². The van der Waals surface area contributed by atoms with Gasteiger partial charge in [-0.3, -0.25) is 0 Å². The summed E-state index contributed by atoms with van der Waals surface area (Å²) in [7, 11) is 0. The molecule has 82 valence electrons. The Morgan fingerprint density at radius 1 is 1.43 bits per heavy atom. The Hall–Kier alpha value is 0.440. The van der Waals surface area contributed by atoms with Gasteiger partial charge in [0, 0.05) is 18.4 Å². The summed E-state index contributed by atoms with van der Waals surface area (Å²) in [4.78, 5) is 2.70. The predicted molar refractivity (Wildman–Crippen MR) is 64.9 cm³/mol. The molecule has 0 spiro atoms. The van der Waals surface area contributed by atoms with Crippen molar-refractivity contribution in [1.29, 1.82) is 0 Å². The maximum Gasteiger partial charge on any atom is 0.0100 e. The molecule has 0 bridgehead atoms. The van der Waals surface area contributed by atoms with Crippen LogP contribution in [0, 0.1) is 11.3 Å². The maximum atomic E-state index is 3.66. The first kappa shape index (κ1) is 10.9. The SMILES string of the molecule is CCCC1CCN(CC2(CBr)CC2)C1. The third-order valence-electron chi connectivity index (χ3n) is 3.87. The van der Waals surface area contributed by atoms with Gasteiger partial charge in [-0.1, -0.05) is 29.3 Å². The van der Waals surface area contributed by atoms with Crippen LogP contribution in [-0.2, 0) is 0 Å². The standard InChI is InChI=1S/C12H22BrN/c1-2-3-11-4-7-14(8-11)10-12(9-13)5-6-12/h11H,2-10H2,1H3. The molecule has 14 heavy (non-hydrogen) atoms. The highest BCUT2D eigenvalue weighted by Crippen LogP contribution is 2.48. The van der Waals surface area contributed by atoms with Crippen molar-refractivity contribution in [2.75, 3.05) is 25.0 Å². The van der Waals surface area contributed by atoms with Crippen LogP contribution in [0.25, 0.3) is 0 Å². The molecule has 1 saturated heterocycles. The average Bonchev–Trinajstić information content (AvgIpc) is 2.82. The van der Waals surface area contributed by atoms with Gasteiger partial charge in [0.15, 0.2) is 0 Å². The normalized spacial score (nSPS) is 30.9. The minimum atomic E-state index is 0.682. The monoisotopic (exact) mass is 259 g/mol. The third-order valence-corrected chi connectivity index (χ3v) is 5.06. The highest BCUT2D eigenvalue weighted by atomic mass is 79.9. The van der Waals surface area contributed by atoms with Crippen LogP contribution in [0.3, 0.4) is 0 Å². The van der Waals surface area contributed by atoms with Crippen LogP contribution < -0.4 is 0 Å². The Labute approximate surface area is 96.4 Å². The van der Waals surface area contributed by atoms with Crippen LogP contribution >= 0.6 is 15.9 Å². The quantitative estimate of drug-likeness (QED) is 0.686. The molecule has 1 atom stereocenters. The van der Waals surface area contributed by atoms with Gasteiger partial charge in [-0.15, -0.1) is 0 Å². The Balaban J connectivity index is 1.73. The highest BCUT2D eigenvalue weighted by Gasteiger charge is 2.43. The number of rotatable bonds is 5. The first-order valence-corrected chi connectivity index (χ1v) is 7.18. The number of alkyl halides is 1. The van der Waals surface area contributed by atoms with Crippen LogP contribution in [0.1, 0.15) is 39.0 Å². The van der Waals surface area contributed by atoms with Crippen molar-refractivity contribution in [3.8, 4) is 0 Å². The molecule has 0 radical (unpaired) electrons. The summed E-state index contributed by atoms with van der Waals surface area (Å²) in [5.41, 5.74) is 0.682. The Kier molecular flexibility index (Phi) is 3.54. The molecule has 1 aliphatic heterocycles. The van der Waals surface area contributed by atoms with Crippen molar-refractivity contribution in [3.05, 3.63) is 0 Å². The van der Waals surface area contributed by atoms with E-state index in [0.717, 1.165) is 5.92 Å². The van der Waals surface area contributed by atoms with E-state index >= 15 is 0 Å². The summed E-state index contributed by atoms with van der Waals surface area (Å²) in [6, 6.07) is 0. The van der Waals surface area contributed by atoms with Crippen molar-refractivity contribution < 1.29 is 0 Å². The fourth-order valence-electron chi connectivity index (χ4n) is 2.69. The van der Waals surface area contributed by atoms with E-state index in [1.54, 1.807) is 0 Å². The van der Waals surface area contributed by atoms with Crippen LogP contribution in [0.2, 0.25) is 0 Å². The largest absolute Gasteiger partial charge is 0.302 e. The van der Waals surface area contributed by atoms with E-state index in [1.165, 1.54) is 57.1 Å². The van der Waals surface area contributed by atoms with Crippen molar-refractivity contribution in [3.63, 3.8) is 0 Å². The van der Waals surface area contributed by atoms with Crippen molar-refractivity contribution in [2.45, 2.75) is 39.0 Å². The molecule has 0 amide bonds. The molecule has 1 saturated carbocycles.